The van der Waals surface area contributed by atoms with Gasteiger partial charge in [0.05, 0.1) is 13.7 Å². The molecule has 0 amide bonds. The van der Waals surface area contributed by atoms with E-state index in [-0.39, 0.29) is 12.6 Å². The van der Waals surface area contributed by atoms with Crippen molar-refractivity contribution >= 4 is 17.9 Å². The fourth-order valence-corrected chi connectivity index (χ4v) is 1.08. The Morgan fingerprint density at radius 1 is 1.22 bits per heavy atom. The smallest absolute Gasteiger partial charge is 0.330 e. The number of carbonyl (C=O) groups is 3. The maximum absolute atomic E-state index is 11.0. The third kappa shape index (κ3) is 9.14. The number of rotatable bonds is 7. The predicted octanol–water partition coefficient (Wildman–Crippen LogP) is 1.07. The highest BCUT2D eigenvalue weighted by Gasteiger charge is 2.01. The van der Waals surface area contributed by atoms with Gasteiger partial charge in [0.25, 0.3) is 0 Å². The van der Waals surface area contributed by atoms with E-state index in [9.17, 15) is 14.4 Å². The molecule has 6 nitrogen and oxygen atoms in total. The van der Waals surface area contributed by atoms with Crippen LogP contribution in [0.1, 0.15) is 19.8 Å². The largest absolute Gasteiger partial charge is 0.478 e. The highest BCUT2D eigenvalue weighted by Crippen LogP contribution is 2.08. The van der Waals surface area contributed by atoms with E-state index in [2.05, 4.69) is 4.74 Å². The number of aliphatic carboxylic acids is 1. The zero-order valence-corrected chi connectivity index (χ0v) is 10.3. The van der Waals surface area contributed by atoms with Crippen molar-refractivity contribution in [1.29, 1.82) is 0 Å². The van der Waals surface area contributed by atoms with E-state index < -0.39 is 11.9 Å². The number of carboxylic acid groups (broad SMARTS) is 1. The second kappa shape index (κ2) is 8.98. The minimum absolute atomic E-state index is 0.217. The summed E-state index contributed by atoms with van der Waals surface area (Å²) >= 11 is 0. The van der Waals surface area contributed by atoms with Crippen LogP contribution in [0.5, 0.6) is 0 Å². The Morgan fingerprint density at radius 3 is 2.39 bits per heavy atom. The molecule has 0 aliphatic carbocycles. The molecule has 0 bridgehead atoms. The number of methoxy groups -OCH3 is 1. The Kier molecular flexibility index (Phi) is 7.92. The van der Waals surface area contributed by atoms with Crippen molar-refractivity contribution in [1.82, 2.24) is 0 Å². The number of carbonyl (C=O) groups excluding carboxylic acids is 2. The van der Waals surface area contributed by atoms with Gasteiger partial charge in [-0.1, -0.05) is 6.08 Å². The first-order valence-electron chi connectivity index (χ1n) is 5.28. The van der Waals surface area contributed by atoms with Crippen LogP contribution in [0.3, 0.4) is 0 Å². The van der Waals surface area contributed by atoms with E-state index >= 15 is 0 Å². The molecular weight excluding hydrogens is 240 g/mol. The molecule has 0 saturated heterocycles. The Bertz CT molecular complexity index is 367. The number of hydrogen-bond donors (Lipinski definition) is 1. The number of ether oxygens (including phenoxy) is 2. The van der Waals surface area contributed by atoms with Gasteiger partial charge in [-0.3, -0.25) is 4.79 Å². The molecule has 0 aliphatic rings. The quantitative estimate of drug-likeness (QED) is 0.317. The summed E-state index contributed by atoms with van der Waals surface area (Å²) in [5, 5.41) is 8.50. The fourth-order valence-electron chi connectivity index (χ4n) is 1.08. The first kappa shape index (κ1) is 15.9. The van der Waals surface area contributed by atoms with Gasteiger partial charge in [0, 0.05) is 19.1 Å². The second-order valence-corrected chi connectivity index (χ2v) is 3.36. The Hall–Kier alpha value is -2.11. The maximum Gasteiger partial charge on any atom is 0.330 e. The third-order valence-corrected chi connectivity index (χ3v) is 1.86. The summed E-state index contributed by atoms with van der Waals surface area (Å²) in [7, 11) is 1.23. The second-order valence-electron chi connectivity index (χ2n) is 3.36. The lowest BCUT2D eigenvalue weighted by molar-refractivity contribution is -0.141. The molecule has 0 atom stereocenters. The van der Waals surface area contributed by atoms with Crippen molar-refractivity contribution in [2.24, 2.45) is 0 Å². The van der Waals surface area contributed by atoms with Gasteiger partial charge in [0.1, 0.15) is 0 Å². The molecule has 1 N–H and O–H groups in total. The Morgan fingerprint density at radius 2 is 1.89 bits per heavy atom. The number of carboxylic acids is 1. The molecule has 6 heteroatoms. The third-order valence-electron chi connectivity index (χ3n) is 1.86. The zero-order chi connectivity index (χ0) is 14.0. The molecule has 0 aromatic heterocycles. The summed E-state index contributed by atoms with van der Waals surface area (Å²) in [5.74, 6) is -2.05. The number of hydrogen-bond acceptors (Lipinski definition) is 5. The van der Waals surface area contributed by atoms with Crippen LogP contribution in [-0.2, 0) is 23.9 Å². The molecule has 0 fully saturated rings. The Balaban J connectivity index is 4.39. The van der Waals surface area contributed by atoms with Gasteiger partial charge in [-0.25, -0.2) is 9.59 Å². The van der Waals surface area contributed by atoms with E-state index in [1.807, 2.05) is 0 Å². The number of allylic oxidation sites excluding steroid dienone is 2. The van der Waals surface area contributed by atoms with E-state index in [0.29, 0.717) is 18.4 Å². The molecule has 0 heterocycles. The van der Waals surface area contributed by atoms with Gasteiger partial charge < -0.3 is 14.6 Å². The lowest BCUT2D eigenvalue weighted by Gasteiger charge is -2.03. The van der Waals surface area contributed by atoms with Gasteiger partial charge in [-0.15, -0.1) is 0 Å². The van der Waals surface area contributed by atoms with Crippen LogP contribution in [-0.4, -0.2) is 36.7 Å². The highest BCUT2D eigenvalue weighted by molar-refractivity contribution is 5.84. The zero-order valence-electron chi connectivity index (χ0n) is 10.3. The fraction of sp³-hybridized carbons (Fsp3) is 0.417. The molecule has 100 valence electrons. The topological polar surface area (TPSA) is 89.9 Å². The molecule has 18 heavy (non-hydrogen) atoms. The summed E-state index contributed by atoms with van der Waals surface area (Å²) in [4.78, 5) is 31.9. The summed E-state index contributed by atoms with van der Waals surface area (Å²) < 4.78 is 9.18. The molecule has 0 aromatic rings. The van der Waals surface area contributed by atoms with Crippen molar-refractivity contribution in [2.75, 3.05) is 13.7 Å². The number of esters is 2. The van der Waals surface area contributed by atoms with Crippen molar-refractivity contribution in [3.05, 3.63) is 23.8 Å². The molecule has 0 unspecified atom stereocenters. The molecular formula is C12H16O6. The standard InChI is InChI=1S/C12H16O6/c1-9(13)18-7-3-4-10(5-6-11(14)15)8-12(16)17-2/h5-6,8H,3-4,7H2,1-2H3,(H,14,15)/b6-5+,10-8-. The minimum atomic E-state index is -1.11. The van der Waals surface area contributed by atoms with Crippen molar-refractivity contribution in [3.63, 3.8) is 0 Å². The van der Waals surface area contributed by atoms with Gasteiger partial charge >= 0.3 is 17.9 Å². The summed E-state index contributed by atoms with van der Waals surface area (Å²) in [6, 6.07) is 0. The molecule has 0 rings (SSSR count). The lowest BCUT2D eigenvalue weighted by Crippen LogP contribution is -2.02. The van der Waals surface area contributed by atoms with Crippen molar-refractivity contribution < 1.29 is 29.0 Å². The van der Waals surface area contributed by atoms with E-state index in [1.165, 1.54) is 26.2 Å². The van der Waals surface area contributed by atoms with Crippen LogP contribution in [0.15, 0.2) is 23.8 Å². The van der Waals surface area contributed by atoms with Crippen LogP contribution < -0.4 is 0 Å². The minimum Gasteiger partial charge on any atom is -0.478 e. The van der Waals surface area contributed by atoms with Gasteiger partial charge in [-0.05, 0) is 18.4 Å². The van der Waals surface area contributed by atoms with Gasteiger partial charge in [-0.2, -0.15) is 0 Å². The monoisotopic (exact) mass is 256 g/mol. The summed E-state index contributed by atoms with van der Waals surface area (Å²) in [5.41, 5.74) is 0.497. The maximum atomic E-state index is 11.0. The summed E-state index contributed by atoms with van der Waals surface area (Å²) in [6.07, 6.45) is 4.35. The van der Waals surface area contributed by atoms with Gasteiger partial charge in [0.15, 0.2) is 0 Å². The molecule has 0 aromatic carbocycles. The average molecular weight is 256 g/mol. The normalized spacial score (nSPS) is 11.3. The van der Waals surface area contributed by atoms with Crippen LogP contribution >= 0.6 is 0 Å². The van der Waals surface area contributed by atoms with E-state index in [1.54, 1.807) is 0 Å². The lowest BCUT2D eigenvalue weighted by atomic mass is 10.1. The predicted molar refractivity (Wildman–Crippen MR) is 62.7 cm³/mol. The molecule has 0 spiro atoms. The molecule has 0 aliphatic heterocycles. The van der Waals surface area contributed by atoms with Crippen molar-refractivity contribution in [2.45, 2.75) is 19.8 Å². The van der Waals surface area contributed by atoms with E-state index in [4.69, 9.17) is 9.84 Å². The average Bonchev–Trinajstić information content (AvgIpc) is 2.30. The molecule has 0 saturated carbocycles. The first-order valence-corrected chi connectivity index (χ1v) is 5.28. The van der Waals surface area contributed by atoms with Crippen LogP contribution in [0, 0.1) is 0 Å². The van der Waals surface area contributed by atoms with Gasteiger partial charge in [0.2, 0.25) is 0 Å². The van der Waals surface area contributed by atoms with Crippen molar-refractivity contribution in [3.8, 4) is 0 Å². The SMILES string of the molecule is COC(=O)/C=C(\C=C\C(=O)O)CCCOC(C)=O. The first-order chi connectivity index (χ1) is 8.45. The van der Waals surface area contributed by atoms with Crippen LogP contribution in [0.4, 0.5) is 0 Å². The molecule has 0 radical (unpaired) electrons. The highest BCUT2D eigenvalue weighted by atomic mass is 16.5. The van der Waals surface area contributed by atoms with E-state index in [0.717, 1.165) is 6.08 Å². The Labute approximate surface area is 105 Å². The van der Waals surface area contributed by atoms with Crippen LogP contribution in [0.25, 0.3) is 0 Å². The van der Waals surface area contributed by atoms with Crippen LogP contribution in [0.2, 0.25) is 0 Å². The summed E-state index contributed by atoms with van der Waals surface area (Å²) in [6.45, 7) is 1.52.